The van der Waals surface area contributed by atoms with Gasteiger partial charge in [-0.15, -0.1) is 0 Å². The molecule has 0 aliphatic carbocycles. The van der Waals surface area contributed by atoms with Crippen LogP contribution in [0.15, 0.2) is 46.4 Å². The maximum absolute atomic E-state index is 6.52. The molecular weight excluding hydrogens is 631 g/mol. The molecule has 0 fully saturated rings. The second-order valence-electron chi connectivity index (χ2n) is 10.0. The van der Waals surface area contributed by atoms with Crippen molar-refractivity contribution in [2.45, 2.75) is 92.9 Å². The Balaban J connectivity index is 0. The summed E-state index contributed by atoms with van der Waals surface area (Å²) in [6.07, 6.45) is 12.1. The largest absolute Gasteiger partial charge is 1.00 e. The molecule has 225 valence electrons. The Morgan fingerprint density at radius 2 is 0.878 bits per heavy atom. The molecule has 1 radical (unpaired) electrons. The Hall–Kier alpha value is -1.33. The number of halogens is 4. The molecule has 0 N–H and O–H groups in total. The quantitative estimate of drug-likeness (QED) is 0.261. The summed E-state index contributed by atoms with van der Waals surface area (Å²) in [7, 11) is 0. The van der Waals surface area contributed by atoms with E-state index >= 15 is 0 Å². The standard InChI is InChI=1S/C33H42ClN3.3ClH.V/c1-7-11-25-15-23(5)16-26(12-8-2)32(25)35-21-30-19-29(34)20-31(37-30)22-36-33-27(13-9-3)17-24(6)18-28(33)14-10-4;;;;/h15-22H,7-14H2,1-6H3;3*1H;/p-3. The molecule has 0 aliphatic heterocycles. The van der Waals surface area contributed by atoms with Crippen molar-refractivity contribution in [3.05, 3.63) is 86.2 Å². The van der Waals surface area contributed by atoms with E-state index in [1.807, 2.05) is 24.6 Å². The van der Waals surface area contributed by atoms with Crippen molar-refractivity contribution in [2.24, 2.45) is 9.98 Å². The topological polar surface area (TPSA) is 37.6 Å². The van der Waals surface area contributed by atoms with E-state index in [1.165, 1.54) is 33.4 Å². The van der Waals surface area contributed by atoms with Crippen molar-refractivity contribution < 1.29 is 55.8 Å². The van der Waals surface area contributed by atoms with E-state index < -0.39 is 0 Å². The van der Waals surface area contributed by atoms with Crippen LogP contribution in [0.5, 0.6) is 0 Å². The van der Waals surface area contributed by atoms with Crippen LogP contribution in [0.1, 0.15) is 98.1 Å². The Morgan fingerprint density at radius 3 is 1.15 bits per heavy atom. The van der Waals surface area contributed by atoms with Crippen molar-refractivity contribution in [1.29, 1.82) is 0 Å². The van der Waals surface area contributed by atoms with Crippen LogP contribution in [-0.2, 0) is 44.2 Å². The van der Waals surface area contributed by atoms with Crippen LogP contribution in [0.2, 0.25) is 5.02 Å². The molecule has 1 aromatic heterocycles. The van der Waals surface area contributed by atoms with Gasteiger partial charge in [0.15, 0.2) is 0 Å². The first-order valence-corrected chi connectivity index (χ1v) is 14.3. The monoisotopic (exact) mass is 671 g/mol. The summed E-state index contributed by atoms with van der Waals surface area (Å²) in [6, 6.07) is 12.8. The molecule has 3 nitrogen and oxygen atoms in total. The van der Waals surface area contributed by atoms with E-state index in [0.717, 1.165) is 74.1 Å². The summed E-state index contributed by atoms with van der Waals surface area (Å²) in [4.78, 5) is 14.7. The average Bonchev–Trinajstić information content (AvgIpc) is 2.83. The van der Waals surface area contributed by atoms with Crippen molar-refractivity contribution >= 4 is 35.4 Å². The number of aryl methyl sites for hydroxylation is 6. The summed E-state index contributed by atoms with van der Waals surface area (Å²) < 4.78 is 0. The fourth-order valence-corrected chi connectivity index (χ4v) is 5.19. The summed E-state index contributed by atoms with van der Waals surface area (Å²) in [5.41, 5.74) is 11.5. The molecule has 3 rings (SSSR count). The second-order valence-corrected chi connectivity index (χ2v) is 10.5. The molecule has 2 aromatic carbocycles. The first-order valence-electron chi connectivity index (χ1n) is 13.9. The zero-order chi connectivity index (χ0) is 26.8. The van der Waals surface area contributed by atoms with Crippen LogP contribution >= 0.6 is 11.6 Å². The zero-order valence-corrected chi connectivity index (χ0v) is 29.5. The fourth-order valence-electron chi connectivity index (χ4n) is 4.97. The first-order chi connectivity index (χ1) is 17.9. The number of aliphatic imine (C=N–C) groups is 2. The summed E-state index contributed by atoms with van der Waals surface area (Å²) in [5, 5.41) is 0.635. The van der Waals surface area contributed by atoms with Gasteiger partial charge >= 0.3 is 0 Å². The summed E-state index contributed by atoms with van der Waals surface area (Å²) >= 11 is 6.52. The number of hydrogen-bond donors (Lipinski definition) is 0. The van der Waals surface area contributed by atoms with E-state index in [2.05, 4.69) is 65.8 Å². The van der Waals surface area contributed by atoms with Crippen LogP contribution in [-0.4, -0.2) is 17.4 Å². The van der Waals surface area contributed by atoms with Gasteiger partial charge in [-0.05, 0) is 73.9 Å². The van der Waals surface area contributed by atoms with Gasteiger partial charge in [-0.3, -0.25) is 9.98 Å². The van der Waals surface area contributed by atoms with Crippen molar-refractivity contribution in [3.63, 3.8) is 0 Å². The summed E-state index contributed by atoms with van der Waals surface area (Å²) in [5.74, 6) is 0. The molecule has 0 bridgehead atoms. The van der Waals surface area contributed by atoms with Crippen molar-refractivity contribution in [2.75, 3.05) is 0 Å². The van der Waals surface area contributed by atoms with Crippen LogP contribution in [0, 0.1) is 13.8 Å². The minimum absolute atomic E-state index is 0. The molecule has 41 heavy (non-hydrogen) atoms. The Kier molecular flexibility index (Phi) is 21.8. The molecule has 3 aromatic rings. The number of nitrogens with zero attached hydrogens (tertiary/aromatic N) is 3. The molecule has 0 saturated carbocycles. The smallest absolute Gasteiger partial charge is 0.0835 e. The second kappa shape index (κ2) is 21.4. The summed E-state index contributed by atoms with van der Waals surface area (Å²) in [6.45, 7) is 13.2. The van der Waals surface area contributed by atoms with Gasteiger partial charge < -0.3 is 37.2 Å². The Morgan fingerprint density at radius 1 is 0.585 bits per heavy atom. The van der Waals surface area contributed by atoms with Gasteiger partial charge in [-0.1, -0.05) is 100 Å². The zero-order valence-electron chi connectivity index (χ0n) is 25.1. The van der Waals surface area contributed by atoms with E-state index in [0.29, 0.717) is 5.02 Å². The number of rotatable bonds is 12. The number of pyridine rings is 1. The minimum Gasteiger partial charge on any atom is -1.00 e. The molecular formula is C33H42Cl4N3V-3. The van der Waals surface area contributed by atoms with Gasteiger partial charge in [0.2, 0.25) is 0 Å². The van der Waals surface area contributed by atoms with E-state index in [9.17, 15) is 0 Å². The SMILES string of the molecule is CCCc1cc(C)cc(CCC)c1N=Cc1cc(Cl)cc(C=Nc2c(CCC)cc(C)cc2CCC)n1.[Cl-].[Cl-].[Cl-].[V]. The van der Waals surface area contributed by atoms with Gasteiger partial charge in [0.05, 0.1) is 35.2 Å². The number of aromatic nitrogens is 1. The third kappa shape index (κ3) is 12.4. The van der Waals surface area contributed by atoms with Gasteiger partial charge in [-0.25, -0.2) is 4.98 Å². The maximum Gasteiger partial charge on any atom is 0.0835 e. The molecule has 0 aliphatic rings. The third-order valence-electron chi connectivity index (χ3n) is 6.38. The number of hydrogen-bond acceptors (Lipinski definition) is 3. The molecule has 0 atom stereocenters. The molecule has 0 spiro atoms. The average molecular weight is 673 g/mol. The maximum atomic E-state index is 6.52. The predicted octanol–water partition coefficient (Wildman–Crippen LogP) is 0.673. The van der Waals surface area contributed by atoms with Gasteiger partial charge in [0, 0.05) is 23.6 Å². The van der Waals surface area contributed by atoms with Crippen LogP contribution in [0.4, 0.5) is 11.4 Å². The Bertz CT molecular complexity index is 1130. The van der Waals surface area contributed by atoms with E-state index in [4.69, 9.17) is 26.6 Å². The predicted molar refractivity (Wildman–Crippen MR) is 162 cm³/mol. The molecule has 0 amide bonds. The molecule has 0 unspecified atom stereocenters. The molecule has 1 heterocycles. The van der Waals surface area contributed by atoms with Crippen molar-refractivity contribution in [3.8, 4) is 0 Å². The normalized spacial score (nSPS) is 10.6. The Labute approximate surface area is 283 Å². The molecule has 8 heteroatoms. The van der Waals surface area contributed by atoms with E-state index in [1.54, 1.807) is 0 Å². The van der Waals surface area contributed by atoms with Crippen LogP contribution in [0.3, 0.4) is 0 Å². The minimum atomic E-state index is 0. The fraction of sp³-hybridized carbons (Fsp3) is 0.424. The third-order valence-corrected chi connectivity index (χ3v) is 6.60. The first kappa shape index (κ1) is 41.8. The molecule has 0 saturated heterocycles. The van der Waals surface area contributed by atoms with Crippen molar-refractivity contribution in [1.82, 2.24) is 4.98 Å². The van der Waals surface area contributed by atoms with Gasteiger partial charge in [0.1, 0.15) is 0 Å². The van der Waals surface area contributed by atoms with Crippen LogP contribution in [0.25, 0.3) is 0 Å². The number of benzene rings is 2. The van der Waals surface area contributed by atoms with E-state index in [-0.39, 0.29) is 55.8 Å². The van der Waals surface area contributed by atoms with Gasteiger partial charge in [-0.2, -0.15) is 0 Å². The van der Waals surface area contributed by atoms with Crippen LogP contribution < -0.4 is 37.2 Å². The van der Waals surface area contributed by atoms with Gasteiger partial charge in [0.25, 0.3) is 0 Å².